The van der Waals surface area contributed by atoms with Crippen molar-refractivity contribution in [2.75, 3.05) is 11.1 Å². The molecular weight excluding hydrogens is 286 g/mol. The molecule has 96 valence electrons. The van der Waals surface area contributed by atoms with Crippen molar-refractivity contribution >= 4 is 45.4 Å². The molecule has 0 saturated carbocycles. The van der Waals surface area contributed by atoms with Crippen LogP contribution in [0.4, 0.5) is 5.13 Å². The van der Waals surface area contributed by atoms with Crippen LogP contribution in [0.5, 0.6) is 0 Å². The topological polar surface area (TPSA) is 54.9 Å². The molecule has 0 aromatic carbocycles. The maximum atomic E-state index is 11.8. The van der Waals surface area contributed by atoms with Gasteiger partial charge in [0.05, 0.1) is 10.6 Å². The number of thioether (sulfide) groups is 1. The molecule has 0 radical (unpaired) electrons. The number of ketones is 1. The smallest absolute Gasteiger partial charge is 0.206 e. The van der Waals surface area contributed by atoms with Crippen molar-refractivity contribution in [3.8, 4) is 0 Å². The first-order valence-corrected chi connectivity index (χ1v) is 8.13. The van der Waals surface area contributed by atoms with Crippen molar-refractivity contribution in [2.24, 2.45) is 0 Å². The highest BCUT2D eigenvalue weighted by atomic mass is 32.2. The Morgan fingerprint density at radius 3 is 3.00 bits per heavy atom. The summed E-state index contributed by atoms with van der Waals surface area (Å²) in [7, 11) is 0. The molecule has 0 spiro atoms. The largest absolute Gasteiger partial charge is 0.358 e. The molecule has 0 unspecified atom stereocenters. The summed E-state index contributed by atoms with van der Waals surface area (Å²) in [6, 6.07) is 4.07. The normalized spacial score (nSPS) is 10.8. The summed E-state index contributed by atoms with van der Waals surface area (Å²) in [6.45, 7) is 4.10. The fraction of sp³-hybridized carbons (Fsp3) is 0.364. The predicted molar refractivity (Wildman–Crippen MR) is 78.0 cm³/mol. The minimum Gasteiger partial charge on any atom is -0.358 e. The van der Waals surface area contributed by atoms with E-state index in [0.717, 1.165) is 14.3 Å². The van der Waals surface area contributed by atoms with Crippen LogP contribution in [0.2, 0.25) is 0 Å². The number of anilines is 1. The zero-order chi connectivity index (χ0) is 13.0. The third-order valence-electron chi connectivity index (χ3n) is 1.94. The second-order valence-corrected chi connectivity index (χ2v) is 7.01. The minimum atomic E-state index is 0.142. The Morgan fingerprint density at radius 1 is 1.50 bits per heavy atom. The van der Waals surface area contributed by atoms with Gasteiger partial charge in [-0.2, -0.15) is 0 Å². The number of hydrogen-bond acceptors (Lipinski definition) is 7. The van der Waals surface area contributed by atoms with Gasteiger partial charge in [-0.25, -0.2) is 0 Å². The number of rotatable bonds is 6. The van der Waals surface area contributed by atoms with E-state index in [1.165, 1.54) is 34.4 Å². The van der Waals surface area contributed by atoms with Crippen molar-refractivity contribution in [3.63, 3.8) is 0 Å². The average molecular weight is 299 g/mol. The molecule has 18 heavy (non-hydrogen) atoms. The van der Waals surface area contributed by atoms with Crippen LogP contribution in [0.15, 0.2) is 21.9 Å². The van der Waals surface area contributed by atoms with Crippen LogP contribution < -0.4 is 5.32 Å². The van der Waals surface area contributed by atoms with Crippen LogP contribution in [0.3, 0.4) is 0 Å². The van der Waals surface area contributed by atoms with Crippen LogP contribution in [0.1, 0.15) is 23.5 Å². The molecule has 7 heteroatoms. The number of carbonyl (C=O) groups excluding carboxylic acids is 1. The van der Waals surface area contributed by atoms with Gasteiger partial charge in [0.1, 0.15) is 0 Å². The summed E-state index contributed by atoms with van der Waals surface area (Å²) in [4.78, 5) is 12.6. The molecular formula is C11H13N3OS3. The first-order chi connectivity index (χ1) is 8.65. The standard InChI is InChI=1S/C11H13N3OS3/c1-7(2)12-10-13-14-11(18-10)17-6-8(15)9-4-3-5-16-9/h3-5,7H,6H2,1-2H3,(H,12,13). The number of aromatic nitrogens is 2. The van der Waals surface area contributed by atoms with Crippen molar-refractivity contribution in [3.05, 3.63) is 22.4 Å². The van der Waals surface area contributed by atoms with Crippen LogP contribution in [-0.2, 0) is 0 Å². The summed E-state index contributed by atoms with van der Waals surface area (Å²) in [6.07, 6.45) is 0. The Balaban J connectivity index is 1.87. The van der Waals surface area contributed by atoms with E-state index in [0.29, 0.717) is 11.8 Å². The Kier molecular flexibility index (Phi) is 4.73. The molecule has 0 aliphatic carbocycles. The highest BCUT2D eigenvalue weighted by Crippen LogP contribution is 2.26. The molecule has 4 nitrogen and oxygen atoms in total. The Hall–Kier alpha value is -0.920. The monoisotopic (exact) mass is 299 g/mol. The molecule has 2 aromatic rings. The van der Waals surface area contributed by atoms with Gasteiger partial charge >= 0.3 is 0 Å². The lowest BCUT2D eigenvalue weighted by Crippen LogP contribution is -2.08. The van der Waals surface area contributed by atoms with Crippen LogP contribution in [-0.4, -0.2) is 27.8 Å². The first-order valence-electron chi connectivity index (χ1n) is 5.44. The fourth-order valence-corrected chi connectivity index (χ4v) is 3.75. The molecule has 2 heterocycles. The number of nitrogens with one attached hydrogen (secondary N) is 1. The highest BCUT2D eigenvalue weighted by Gasteiger charge is 2.10. The van der Waals surface area contributed by atoms with Gasteiger partial charge in [0.25, 0.3) is 0 Å². The Bertz CT molecular complexity index is 507. The van der Waals surface area contributed by atoms with Gasteiger partial charge < -0.3 is 5.32 Å². The van der Waals surface area contributed by atoms with Crippen LogP contribution in [0, 0.1) is 0 Å². The molecule has 0 aliphatic rings. The van der Waals surface area contributed by atoms with Crippen molar-refractivity contribution < 1.29 is 4.79 Å². The summed E-state index contributed by atoms with van der Waals surface area (Å²) in [5, 5.41) is 14.0. The maximum Gasteiger partial charge on any atom is 0.206 e. The molecule has 2 aromatic heterocycles. The Morgan fingerprint density at radius 2 is 2.33 bits per heavy atom. The summed E-state index contributed by atoms with van der Waals surface area (Å²) >= 11 is 4.39. The van der Waals surface area contributed by atoms with E-state index in [1.807, 2.05) is 17.5 Å². The van der Waals surface area contributed by atoms with Gasteiger partial charge in [-0.05, 0) is 25.3 Å². The number of hydrogen-bond donors (Lipinski definition) is 1. The lowest BCUT2D eigenvalue weighted by Gasteiger charge is -2.02. The quantitative estimate of drug-likeness (QED) is 0.654. The minimum absolute atomic E-state index is 0.142. The molecule has 0 aliphatic heterocycles. The lowest BCUT2D eigenvalue weighted by molar-refractivity contribution is 0.102. The zero-order valence-electron chi connectivity index (χ0n) is 10.0. The predicted octanol–water partition coefficient (Wildman–Crippen LogP) is 3.39. The van der Waals surface area contributed by atoms with Gasteiger partial charge in [-0.1, -0.05) is 29.2 Å². The maximum absolute atomic E-state index is 11.8. The van der Waals surface area contributed by atoms with E-state index >= 15 is 0 Å². The van der Waals surface area contributed by atoms with Crippen molar-refractivity contribution in [1.82, 2.24) is 10.2 Å². The van der Waals surface area contributed by atoms with E-state index in [-0.39, 0.29) is 5.78 Å². The van der Waals surface area contributed by atoms with E-state index < -0.39 is 0 Å². The SMILES string of the molecule is CC(C)Nc1nnc(SCC(=O)c2cccs2)s1. The van der Waals surface area contributed by atoms with E-state index in [9.17, 15) is 4.79 Å². The third-order valence-corrected chi connectivity index (χ3v) is 4.84. The van der Waals surface area contributed by atoms with E-state index in [1.54, 1.807) is 0 Å². The summed E-state index contributed by atoms with van der Waals surface area (Å²) in [5.74, 6) is 0.556. The van der Waals surface area contributed by atoms with Gasteiger partial charge in [0.2, 0.25) is 5.13 Å². The van der Waals surface area contributed by atoms with Gasteiger partial charge in [0, 0.05) is 6.04 Å². The molecule has 0 amide bonds. The van der Waals surface area contributed by atoms with E-state index in [4.69, 9.17) is 0 Å². The van der Waals surface area contributed by atoms with Crippen molar-refractivity contribution in [1.29, 1.82) is 0 Å². The molecule has 0 bridgehead atoms. The van der Waals surface area contributed by atoms with E-state index in [2.05, 4.69) is 29.4 Å². The van der Waals surface area contributed by atoms with Crippen LogP contribution in [0.25, 0.3) is 0 Å². The average Bonchev–Trinajstić information content (AvgIpc) is 2.95. The highest BCUT2D eigenvalue weighted by molar-refractivity contribution is 8.01. The number of carbonyl (C=O) groups is 1. The third kappa shape index (κ3) is 3.79. The molecule has 0 fully saturated rings. The van der Waals surface area contributed by atoms with Gasteiger partial charge in [-0.15, -0.1) is 21.5 Å². The zero-order valence-corrected chi connectivity index (χ0v) is 12.5. The second kappa shape index (κ2) is 6.31. The number of Topliss-reactive ketones (excluding diaryl/α,β-unsaturated/α-hetero) is 1. The molecule has 0 saturated heterocycles. The fourth-order valence-electron chi connectivity index (χ4n) is 1.21. The lowest BCUT2D eigenvalue weighted by atomic mass is 10.4. The second-order valence-electron chi connectivity index (χ2n) is 3.86. The summed E-state index contributed by atoms with van der Waals surface area (Å²) in [5.41, 5.74) is 0. The first kappa shape index (κ1) is 13.5. The molecule has 2 rings (SSSR count). The van der Waals surface area contributed by atoms with Gasteiger partial charge in [0.15, 0.2) is 10.1 Å². The Labute approximate surface area is 118 Å². The van der Waals surface area contributed by atoms with Gasteiger partial charge in [-0.3, -0.25) is 4.79 Å². The molecule has 1 N–H and O–H groups in total. The number of thiophene rings is 1. The number of nitrogens with zero attached hydrogens (tertiary/aromatic N) is 2. The summed E-state index contributed by atoms with van der Waals surface area (Å²) < 4.78 is 0.822. The van der Waals surface area contributed by atoms with Crippen LogP contribution >= 0.6 is 34.4 Å². The molecule has 0 atom stereocenters. The van der Waals surface area contributed by atoms with Crippen molar-refractivity contribution in [2.45, 2.75) is 24.2 Å².